The molecule has 3 rings (SSSR count). The fourth-order valence-electron chi connectivity index (χ4n) is 4.54. The van der Waals surface area contributed by atoms with Crippen LogP contribution in [0.15, 0.2) is 72.8 Å². The van der Waals surface area contributed by atoms with E-state index < -0.39 is 16.1 Å². The first-order valence-corrected chi connectivity index (χ1v) is 16.6. The minimum atomic E-state index is -3.71. The zero-order valence-corrected chi connectivity index (χ0v) is 26.8. The Morgan fingerprint density at radius 1 is 0.952 bits per heavy atom. The molecule has 2 amide bonds. The van der Waals surface area contributed by atoms with Crippen molar-refractivity contribution in [1.82, 2.24) is 10.2 Å². The molecule has 0 aliphatic heterocycles. The van der Waals surface area contributed by atoms with Gasteiger partial charge in [0.25, 0.3) is 0 Å². The number of hydrogen-bond acceptors (Lipinski definition) is 4. The fraction of sp³-hybridized carbons (Fsp3) is 0.375. The standard InChI is InChI=1S/C32H39Cl2N3O4S/c1-5-24(3)35-32(39)30(20-25-10-7-6-8-11-25)36(22-26-15-13-23(2)14-16-26)31(38)12-9-19-37(42(4,40)41)29-21-27(33)17-18-28(29)34/h6-8,10-11,13-18,21,24,30H,5,9,12,19-20,22H2,1-4H3,(H,35,39). The summed E-state index contributed by atoms with van der Waals surface area (Å²) >= 11 is 12.4. The molecule has 3 aromatic rings. The van der Waals surface area contributed by atoms with Crippen molar-refractivity contribution in [1.29, 1.82) is 0 Å². The Bertz CT molecular complexity index is 1450. The second-order valence-corrected chi connectivity index (χ2v) is 13.3. The molecule has 10 heteroatoms. The van der Waals surface area contributed by atoms with E-state index in [0.29, 0.717) is 11.4 Å². The molecule has 2 unspecified atom stereocenters. The molecule has 1 N–H and O–H groups in total. The highest BCUT2D eigenvalue weighted by Crippen LogP contribution is 2.31. The highest BCUT2D eigenvalue weighted by Gasteiger charge is 2.31. The molecule has 3 aromatic carbocycles. The average molecular weight is 633 g/mol. The van der Waals surface area contributed by atoms with Gasteiger partial charge in [-0.1, -0.05) is 90.3 Å². The average Bonchev–Trinajstić information content (AvgIpc) is 2.95. The topological polar surface area (TPSA) is 86.8 Å². The van der Waals surface area contributed by atoms with Gasteiger partial charge < -0.3 is 10.2 Å². The van der Waals surface area contributed by atoms with E-state index in [9.17, 15) is 18.0 Å². The summed E-state index contributed by atoms with van der Waals surface area (Å²) in [7, 11) is -3.71. The van der Waals surface area contributed by atoms with Crippen LogP contribution in [0.3, 0.4) is 0 Å². The number of anilines is 1. The molecule has 0 fully saturated rings. The van der Waals surface area contributed by atoms with Crippen molar-refractivity contribution in [3.8, 4) is 0 Å². The summed E-state index contributed by atoms with van der Waals surface area (Å²) in [4.78, 5) is 29.2. The van der Waals surface area contributed by atoms with E-state index in [1.807, 2.05) is 75.4 Å². The summed E-state index contributed by atoms with van der Waals surface area (Å²) in [6, 6.07) is 21.3. The van der Waals surface area contributed by atoms with Crippen molar-refractivity contribution in [2.45, 2.75) is 65.1 Å². The van der Waals surface area contributed by atoms with Crippen LogP contribution in [0.4, 0.5) is 5.69 Å². The van der Waals surface area contributed by atoms with Crippen molar-refractivity contribution in [3.63, 3.8) is 0 Å². The number of sulfonamides is 1. The molecule has 226 valence electrons. The third-order valence-electron chi connectivity index (χ3n) is 7.07. The van der Waals surface area contributed by atoms with Crippen LogP contribution >= 0.6 is 23.2 Å². The molecular formula is C32H39Cl2N3O4S. The van der Waals surface area contributed by atoms with Crippen LogP contribution in [-0.4, -0.2) is 50.0 Å². The van der Waals surface area contributed by atoms with Crippen LogP contribution < -0.4 is 9.62 Å². The van der Waals surface area contributed by atoms with Gasteiger partial charge in [0.05, 0.1) is 17.0 Å². The first-order valence-electron chi connectivity index (χ1n) is 14.0. The van der Waals surface area contributed by atoms with E-state index in [-0.39, 0.29) is 54.5 Å². The second kappa shape index (κ2) is 15.4. The van der Waals surface area contributed by atoms with Gasteiger partial charge in [-0.25, -0.2) is 8.42 Å². The highest BCUT2D eigenvalue weighted by molar-refractivity contribution is 7.92. The van der Waals surface area contributed by atoms with E-state index in [0.717, 1.165) is 33.7 Å². The van der Waals surface area contributed by atoms with Crippen molar-refractivity contribution in [3.05, 3.63) is 99.5 Å². The largest absolute Gasteiger partial charge is 0.352 e. The first kappa shape index (κ1) is 33.4. The molecule has 0 radical (unpaired) electrons. The fourth-order valence-corrected chi connectivity index (χ4v) is 5.95. The number of benzene rings is 3. The molecular weight excluding hydrogens is 593 g/mol. The number of carbonyl (C=O) groups excluding carboxylic acids is 2. The number of amides is 2. The molecule has 0 aliphatic carbocycles. The normalized spacial score (nSPS) is 12.8. The van der Waals surface area contributed by atoms with Crippen molar-refractivity contribution >= 4 is 50.7 Å². The predicted octanol–water partition coefficient (Wildman–Crippen LogP) is 6.40. The maximum absolute atomic E-state index is 13.9. The Morgan fingerprint density at radius 2 is 1.62 bits per heavy atom. The maximum Gasteiger partial charge on any atom is 0.243 e. The third kappa shape index (κ3) is 9.75. The quantitative estimate of drug-likeness (QED) is 0.223. The van der Waals surface area contributed by atoms with Gasteiger partial charge in [-0.05, 0) is 56.0 Å². The monoisotopic (exact) mass is 631 g/mol. The first-order chi connectivity index (χ1) is 19.9. The molecule has 0 bridgehead atoms. The molecule has 7 nitrogen and oxygen atoms in total. The summed E-state index contributed by atoms with van der Waals surface area (Å²) in [5, 5.41) is 3.64. The number of rotatable bonds is 14. The lowest BCUT2D eigenvalue weighted by atomic mass is 10.0. The third-order valence-corrected chi connectivity index (χ3v) is 8.81. The number of aryl methyl sites for hydroxylation is 1. The Kier molecular flexibility index (Phi) is 12.3. The van der Waals surface area contributed by atoms with Crippen molar-refractivity contribution in [2.24, 2.45) is 0 Å². The van der Waals surface area contributed by atoms with E-state index in [2.05, 4.69) is 5.32 Å². The van der Waals surface area contributed by atoms with Gasteiger partial charge in [0.2, 0.25) is 21.8 Å². The highest BCUT2D eigenvalue weighted by atomic mass is 35.5. The maximum atomic E-state index is 13.9. The van der Waals surface area contributed by atoms with Gasteiger partial charge in [0.15, 0.2) is 0 Å². The lowest BCUT2D eigenvalue weighted by Gasteiger charge is -2.33. The summed E-state index contributed by atoms with van der Waals surface area (Å²) in [6.45, 7) is 6.17. The molecule has 0 heterocycles. The Morgan fingerprint density at radius 3 is 2.24 bits per heavy atom. The number of nitrogens with zero attached hydrogens (tertiary/aromatic N) is 2. The lowest BCUT2D eigenvalue weighted by Crippen LogP contribution is -2.52. The summed E-state index contributed by atoms with van der Waals surface area (Å²) < 4.78 is 26.5. The van der Waals surface area contributed by atoms with Crippen molar-refractivity contribution in [2.75, 3.05) is 17.1 Å². The minimum absolute atomic E-state index is 0.0193. The number of halogens is 2. The van der Waals surface area contributed by atoms with Crippen LogP contribution in [0.1, 0.15) is 49.8 Å². The smallest absolute Gasteiger partial charge is 0.243 e. The lowest BCUT2D eigenvalue weighted by molar-refractivity contribution is -0.141. The van der Waals surface area contributed by atoms with Gasteiger partial charge in [-0.3, -0.25) is 13.9 Å². The van der Waals surface area contributed by atoms with Gasteiger partial charge >= 0.3 is 0 Å². The van der Waals surface area contributed by atoms with Crippen LogP contribution in [-0.2, 0) is 32.6 Å². The van der Waals surface area contributed by atoms with Gasteiger partial charge in [0.1, 0.15) is 6.04 Å². The molecule has 0 aliphatic rings. The van der Waals surface area contributed by atoms with Crippen LogP contribution in [0.5, 0.6) is 0 Å². The van der Waals surface area contributed by atoms with Crippen LogP contribution in [0.2, 0.25) is 10.0 Å². The Balaban J connectivity index is 1.90. The van der Waals surface area contributed by atoms with E-state index in [4.69, 9.17) is 23.2 Å². The summed E-state index contributed by atoms with van der Waals surface area (Å²) in [6.07, 6.45) is 2.42. The predicted molar refractivity (Wildman–Crippen MR) is 171 cm³/mol. The number of carbonyl (C=O) groups is 2. The molecule has 0 saturated carbocycles. The van der Waals surface area contributed by atoms with E-state index in [1.165, 1.54) is 12.1 Å². The number of nitrogens with one attached hydrogen (secondary N) is 1. The van der Waals surface area contributed by atoms with Crippen LogP contribution in [0.25, 0.3) is 0 Å². The zero-order chi connectivity index (χ0) is 30.9. The molecule has 2 atom stereocenters. The molecule has 0 spiro atoms. The SMILES string of the molecule is CCC(C)NC(=O)C(Cc1ccccc1)N(Cc1ccc(C)cc1)C(=O)CCCN(c1cc(Cl)ccc1Cl)S(C)(=O)=O. The summed E-state index contributed by atoms with van der Waals surface area (Å²) in [5.74, 6) is -0.474. The molecule has 0 aromatic heterocycles. The van der Waals surface area contributed by atoms with E-state index >= 15 is 0 Å². The second-order valence-electron chi connectivity index (χ2n) is 10.6. The van der Waals surface area contributed by atoms with Gasteiger partial charge in [0, 0.05) is 37.0 Å². The number of hydrogen-bond donors (Lipinski definition) is 1. The van der Waals surface area contributed by atoms with E-state index in [1.54, 1.807) is 11.0 Å². The van der Waals surface area contributed by atoms with Gasteiger partial charge in [-0.15, -0.1) is 0 Å². The Labute approximate surface area is 259 Å². The molecule has 42 heavy (non-hydrogen) atoms. The minimum Gasteiger partial charge on any atom is -0.352 e. The summed E-state index contributed by atoms with van der Waals surface area (Å²) in [5.41, 5.74) is 3.17. The van der Waals surface area contributed by atoms with Crippen molar-refractivity contribution < 1.29 is 18.0 Å². The zero-order valence-electron chi connectivity index (χ0n) is 24.5. The van der Waals surface area contributed by atoms with Gasteiger partial charge in [-0.2, -0.15) is 0 Å². The molecule has 0 saturated heterocycles. The Hall–Kier alpha value is -3.07. The van der Waals surface area contributed by atoms with Crippen LogP contribution in [0, 0.1) is 6.92 Å².